The minimum atomic E-state index is -5.08. The Morgan fingerprint density at radius 1 is 1.16 bits per heavy atom. The number of nitrogens with zero attached hydrogens (tertiary/aromatic N) is 3. The monoisotopic (exact) mass is 637 g/mol. The number of nitrogens with one attached hydrogen (secondary N) is 2. The summed E-state index contributed by atoms with van der Waals surface area (Å²) in [6.45, 7) is 1.68. The van der Waals surface area contributed by atoms with E-state index in [1.807, 2.05) is 40.3 Å². The van der Waals surface area contributed by atoms with Gasteiger partial charge in [-0.2, -0.15) is 24.9 Å². The highest BCUT2D eigenvalue weighted by molar-refractivity contribution is 7.98. The molecule has 2 aromatic carbocycles. The number of aliphatic carboxylic acids is 2. The van der Waals surface area contributed by atoms with Crippen LogP contribution in [0.5, 0.6) is 0 Å². The first-order valence-electron chi connectivity index (χ1n) is 13.7. The molecule has 0 unspecified atom stereocenters. The number of likely N-dealkylation sites (tertiary alicyclic amines) is 1. The Labute approximate surface area is 255 Å². The molecule has 11 nitrogen and oxygen atoms in total. The molecule has 4 rings (SSSR count). The molecule has 1 fully saturated rings. The van der Waals surface area contributed by atoms with E-state index >= 15 is 0 Å². The molecule has 1 aromatic heterocycles. The summed E-state index contributed by atoms with van der Waals surface area (Å²) in [5, 5.41) is 21.6. The summed E-state index contributed by atoms with van der Waals surface area (Å²) in [6.07, 6.45) is 1.92. The molecule has 0 aliphatic carbocycles. The maximum Gasteiger partial charge on any atom is 0.490 e. The van der Waals surface area contributed by atoms with E-state index < -0.39 is 24.2 Å². The van der Waals surface area contributed by atoms with Crippen molar-refractivity contribution >= 4 is 46.3 Å². The fourth-order valence-corrected chi connectivity index (χ4v) is 5.38. The lowest BCUT2D eigenvalue weighted by molar-refractivity contribution is -0.192. The highest BCUT2D eigenvalue weighted by atomic mass is 32.2. The van der Waals surface area contributed by atoms with Gasteiger partial charge in [-0.15, -0.1) is 0 Å². The number of hydrogen-bond acceptors (Lipinski definition) is 7. The predicted molar refractivity (Wildman–Crippen MR) is 158 cm³/mol. The molecular formula is C29H34F3N5O6S. The minimum Gasteiger partial charge on any atom is -0.480 e. The van der Waals surface area contributed by atoms with Gasteiger partial charge in [0.2, 0.25) is 5.91 Å². The van der Waals surface area contributed by atoms with Crippen LogP contribution in [-0.2, 0) is 20.9 Å². The molecule has 0 saturated carbocycles. The maximum absolute atomic E-state index is 13.1. The van der Waals surface area contributed by atoms with Gasteiger partial charge in [0.15, 0.2) is 0 Å². The number of imidazole rings is 1. The topological polar surface area (TPSA) is 156 Å². The van der Waals surface area contributed by atoms with Crippen molar-refractivity contribution in [2.45, 2.75) is 44.1 Å². The molecule has 2 atom stereocenters. The number of fused-ring (bicyclic) bond motifs is 1. The zero-order valence-corrected chi connectivity index (χ0v) is 24.7. The van der Waals surface area contributed by atoms with Crippen molar-refractivity contribution in [1.29, 1.82) is 0 Å². The quantitative estimate of drug-likeness (QED) is 0.233. The zero-order valence-electron chi connectivity index (χ0n) is 23.9. The van der Waals surface area contributed by atoms with Gasteiger partial charge >= 0.3 is 18.1 Å². The number of halogens is 3. The van der Waals surface area contributed by atoms with E-state index in [1.165, 1.54) is 12.5 Å². The SMILES string of the molecule is CSCC[C@H](NC(=O)CN(Cc1cccc2ccccc12)C[C@@H]1CCCN1C(=O)c1cnc[nH]1)C(=O)O.O=C(O)C(F)(F)F. The summed E-state index contributed by atoms with van der Waals surface area (Å²) in [4.78, 5) is 57.4. The number of carbonyl (C=O) groups excluding carboxylic acids is 2. The number of rotatable bonds is 12. The zero-order chi connectivity index (χ0) is 32.3. The van der Waals surface area contributed by atoms with Crippen LogP contribution in [0, 0.1) is 0 Å². The number of carboxylic acids is 2. The summed E-state index contributed by atoms with van der Waals surface area (Å²) in [5.74, 6) is -3.58. The first-order valence-corrected chi connectivity index (χ1v) is 15.1. The maximum atomic E-state index is 13.1. The van der Waals surface area contributed by atoms with E-state index in [4.69, 9.17) is 9.90 Å². The largest absolute Gasteiger partial charge is 0.490 e. The Balaban J connectivity index is 0.000000676. The molecule has 4 N–H and O–H groups in total. The molecule has 0 spiro atoms. The highest BCUT2D eigenvalue weighted by Crippen LogP contribution is 2.24. The van der Waals surface area contributed by atoms with Crippen molar-refractivity contribution in [2.75, 3.05) is 31.6 Å². The number of hydrogen-bond donors (Lipinski definition) is 4. The van der Waals surface area contributed by atoms with Gasteiger partial charge in [0.1, 0.15) is 11.7 Å². The third-order valence-electron chi connectivity index (χ3n) is 6.96. The first-order chi connectivity index (χ1) is 20.9. The van der Waals surface area contributed by atoms with Crippen molar-refractivity contribution in [3.63, 3.8) is 0 Å². The molecule has 44 heavy (non-hydrogen) atoms. The van der Waals surface area contributed by atoms with Crippen molar-refractivity contribution in [2.24, 2.45) is 0 Å². The average Bonchev–Trinajstić information content (AvgIpc) is 3.68. The number of carboxylic acid groups (broad SMARTS) is 2. The standard InChI is InChI=1S/C27H33N5O4S.C2HF3O2/c1-37-13-11-23(27(35)36)30-25(33)17-31(15-20-8-4-7-19-6-2-3-10-22(19)20)16-21-9-5-12-32(21)26(34)24-14-28-18-29-24;3-2(4,5)1(6)7/h2-4,6-8,10,14,18,21,23H,5,9,11-13,15-17H2,1H3,(H,28,29)(H,30,33)(H,35,36);(H,6,7)/t21-,23-;/m0./s1. The van der Waals surface area contributed by atoms with Gasteiger partial charge in [0.25, 0.3) is 5.91 Å². The Hall–Kier alpha value is -4.11. The smallest absolute Gasteiger partial charge is 0.480 e. The molecule has 15 heteroatoms. The van der Waals surface area contributed by atoms with Gasteiger partial charge in [0.05, 0.1) is 19.1 Å². The van der Waals surface area contributed by atoms with Crippen LogP contribution in [0.4, 0.5) is 13.2 Å². The Morgan fingerprint density at radius 3 is 2.50 bits per heavy atom. The minimum absolute atomic E-state index is 0.0366. The lowest BCUT2D eigenvalue weighted by Crippen LogP contribution is -2.49. The Bertz CT molecular complexity index is 1420. The summed E-state index contributed by atoms with van der Waals surface area (Å²) < 4.78 is 31.7. The molecule has 0 bridgehead atoms. The number of amides is 2. The molecule has 1 saturated heterocycles. The van der Waals surface area contributed by atoms with Crippen molar-refractivity contribution in [3.05, 3.63) is 66.2 Å². The fraction of sp³-hybridized carbons (Fsp3) is 0.414. The van der Waals surface area contributed by atoms with E-state index in [1.54, 1.807) is 11.8 Å². The van der Waals surface area contributed by atoms with Crippen LogP contribution in [0.3, 0.4) is 0 Å². The summed E-state index contributed by atoms with van der Waals surface area (Å²) in [6, 6.07) is 13.2. The number of H-pyrrole nitrogens is 1. The van der Waals surface area contributed by atoms with Crippen LogP contribution >= 0.6 is 11.8 Å². The lowest BCUT2D eigenvalue weighted by Gasteiger charge is -2.31. The normalized spacial score (nSPS) is 15.5. The second-order valence-electron chi connectivity index (χ2n) is 10.1. The summed E-state index contributed by atoms with van der Waals surface area (Å²) in [7, 11) is 0. The third-order valence-corrected chi connectivity index (χ3v) is 7.61. The molecule has 2 amide bonds. The van der Waals surface area contributed by atoms with Crippen molar-refractivity contribution in [1.82, 2.24) is 25.1 Å². The summed E-state index contributed by atoms with van der Waals surface area (Å²) >= 11 is 1.54. The molecule has 3 aromatic rings. The number of aromatic amines is 1. The third kappa shape index (κ3) is 9.98. The van der Waals surface area contributed by atoms with Crippen molar-refractivity contribution in [3.8, 4) is 0 Å². The molecule has 2 heterocycles. The summed E-state index contributed by atoms with van der Waals surface area (Å²) in [5.41, 5.74) is 1.52. The second-order valence-corrected chi connectivity index (χ2v) is 11.1. The number of thioether (sulfide) groups is 1. The average molecular weight is 638 g/mol. The Morgan fingerprint density at radius 2 is 1.86 bits per heavy atom. The van der Waals surface area contributed by atoms with Gasteiger partial charge in [-0.3, -0.25) is 14.5 Å². The highest BCUT2D eigenvalue weighted by Gasteiger charge is 2.38. The molecule has 1 aliphatic rings. The first kappa shape index (κ1) is 34.4. The van der Waals surface area contributed by atoms with Crippen LogP contribution < -0.4 is 5.32 Å². The predicted octanol–water partition coefficient (Wildman–Crippen LogP) is 3.63. The Kier molecular flexibility index (Phi) is 12.6. The van der Waals surface area contributed by atoms with Gasteiger partial charge in [0, 0.05) is 25.7 Å². The number of aromatic nitrogens is 2. The van der Waals surface area contributed by atoms with Gasteiger partial charge < -0.3 is 25.4 Å². The number of carbonyl (C=O) groups is 4. The van der Waals surface area contributed by atoms with Crippen LogP contribution in [0.25, 0.3) is 10.8 Å². The fourth-order valence-electron chi connectivity index (χ4n) is 4.91. The molecule has 0 radical (unpaired) electrons. The van der Waals surface area contributed by atoms with Crippen LogP contribution in [0.15, 0.2) is 55.0 Å². The van der Waals surface area contributed by atoms with E-state index in [0.717, 1.165) is 29.2 Å². The van der Waals surface area contributed by atoms with Crippen molar-refractivity contribution < 1.29 is 42.6 Å². The van der Waals surface area contributed by atoms with E-state index in [2.05, 4.69) is 33.5 Å². The second kappa shape index (κ2) is 16.1. The van der Waals surface area contributed by atoms with E-state index in [0.29, 0.717) is 37.5 Å². The van der Waals surface area contributed by atoms with Crippen LogP contribution in [0.2, 0.25) is 0 Å². The van der Waals surface area contributed by atoms with E-state index in [9.17, 15) is 32.7 Å². The van der Waals surface area contributed by atoms with Crippen LogP contribution in [-0.4, -0.2) is 104 Å². The van der Waals surface area contributed by atoms with Gasteiger partial charge in [-0.05, 0) is 47.6 Å². The molecular weight excluding hydrogens is 603 g/mol. The molecule has 1 aliphatic heterocycles. The van der Waals surface area contributed by atoms with Gasteiger partial charge in [-0.25, -0.2) is 14.6 Å². The van der Waals surface area contributed by atoms with Gasteiger partial charge in [-0.1, -0.05) is 42.5 Å². The molecule has 238 valence electrons. The van der Waals surface area contributed by atoms with Crippen LogP contribution in [0.1, 0.15) is 35.3 Å². The number of alkyl halides is 3. The lowest BCUT2D eigenvalue weighted by atomic mass is 10.0. The number of benzene rings is 2. The van der Waals surface area contributed by atoms with E-state index in [-0.39, 0.29) is 24.4 Å².